The quantitative estimate of drug-likeness (QED) is 0.636. The molecule has 1 aromatic carbocycles. The van der Waals surface area contributed by atoms with Gasteiger partial charge in [0, 0.05) is 11.6 Å². The summed E-state index contributed by atoms with van der Waals surface area (Å²) in [7, 11) is 1.20. The number of carbonyl (C=O) groups excluding carboxylic acids is 2. The summed E-state index contributed by atoms with van der Waals surface area (Å²) in [6.45, 7) is 2.13. The molecule has 0 aliphatic carbocycles. The molecule has 1 unspecified atom stereocenters. The molecule has 0 bridgehead atoms. The molecule has 0 spiro atoms. The van der Waals surface area contributed by atoms with E-state index in [-0.39, 0.29) is 28.9 Å². The Morgan fingerprint density at radius 2 is 1.96 bits per heavy atom. The zero-order valence-corrected chi connectivity index (χ0v) is 12.7. The summed E-state index contributed by atoms with van der Waals surface area (Å²) in [6.07, 6.45) is -0.252. The first-order valence-electron chi connectivity index (χ1n) is 7.15. The SMILES string of the molecule is COC(=O)c1cc(=O)n2c(c1C(=O)c1ccccc1)OC(C)C2. The van der Waals surface area contributed by atoms with Crippen molar-refractivity contribution in [3.8, 4) is 5.88 Å². The smallest absolute Gasteiger partial charge is 0.339 e. The van der Waals surface area contributed by atoms with Crippen LogP contribution >= 0.6 is 0 Å². The van der Waals surface area contributed by atoms with Gasteiger partial charge in [0.2, 0.25) is 5.88 Å². The Morgan fingerprint density at radius 1 is 1.26 bits per heavy atom. The maximum Gasteiger partial charge on any atom is 0.339 e. The van der Waals surface area contributed by atoms with Crippen molar-refractivity contribution in [3.05, 3.63) is 63.4 Å². The van der Waals surface area contributed by atoms with Crippen LogP contribution in [-0.2, 0) is 11.3 Å². The lowest BCUT2D eigenvalue weighted by Gasteiger charge is -2.12. The highest BCUT2D eigenvalue weighted by Crippen LogP contribution is 2.29. The second kappa shape index (κ2) is 5.72. The normalized spacial score (nSPS) is 15.7. The lowest BCUT2D eigenvalue weighted by Crippen LogP contribution is -2.23. The molecule has 0 saturated heterocycles. The first-order chi connectivity index (χ1) is 11.0. The van der Waals surface area contributed by atoms with Crippen LogP contribution in [0.5, 0.6) is 5.88 Å². The van der Waals surface area contributed by atoms with Gasteiger partial charge in [-0.1, -0.05) is 30.3 Å². The average Bonchev–Trinajstić information content (AvgIpc) is 2.96. The van der Waals surface area contributed by atoms with Crippen molar-refractivity contribution < 1.29 is 19.1 Å². The summed E-state index contributed by atoms with van der Waals surface area (Å²) in [5, 5.41) is 0. The molecule has 23 heavy (non-hydrogen) atoms. The van der Waals surface area contributed by atoms with Crippen LogP contribution < -0.4 is 10.3 Å². The van der Waals surface area contributed by atoms with Crippen molar-refractivity contribution >= 4 is 11.8 Å². The Labute approximate surface area is 132 Å². The van der Waals surface area contributed by atoms with E-state index in [2.05, 4.69) is 0 Å². The van der Waals surface area contributed by atoms with Crippen LogP contribution in [0.15, 0.2) is 41.2 Å². The average molecular weight is 313 g/mol. The van der Waals surface area contributed by atoms with Gasteiger partial charge in [-0.05, 0) is 6.92 Å². The fourth-order valence-electron chi connectivity index (χ4n) is 2.63. The number of hydrogen-bond acceptors (Lipinski definition) is 5. The predicted octanol–water partition coefficient (Wildman–Crippen LogP) is 1.65. The summed E-state index contributed by atoms with van der Waals surface area (Å²) < 4.78 is 11.7. The summed E-state index contributed by atoms with van der Waals surface area (Å²) in [5.74, 6) is -1.00. The fraction of sp³-hybridized carbons (Fsp3) is 0.235. The molecule has 6 heteroatoms. The van der Waals surface area contributed by atoms with E-state index in [4.69, 9.17) is 9.47 Å². The third-order valence-electron chi connectivity index (χ3n) is 3.68. The van der Waals surface area contributed by atoms with Crippen molar-refractivity contribution in [1.82, 2.24) is 4.57 Å². The highest BCUT2D eigenvalue weighted by atomic mass is 16.5. The van der Waals surface area contributed by atoms with Gasteiger partial charge in [0.25, 0.3) is 5.56 Å². The molecule has 1 aliphatic rings. The molecule has 0 fully saturated rings. The number of fused-ring (bicyclic) bond motifs is 1. The number of nitrogens with zero attached hydrogens (tertiary/aromatic N) is 1. The Bertz CT molecular complexity index is 838. The molecular weight excluding hydrogens is 298 g/mol. The van der Waals surface area contributed by atoms with Gasteiger partial charge in [0.15, 0.2) is 5.78 Å². The number of esters is 1. The molecule has 118 valence electrons. The van der Waals surface area contributed by atoms with E-state index >= 15 is 0 Å². The second-order valence-corrected chi connectivity index (χ2v) is 5.30. The largest absolute Gasteiger partial charge is 0.473 e. The van der Waals surface area contributed by atoms with Crippen LogP contribution in [0.1, 0.15) is 33.2 Å². The molecule has 6 nitrogen and oxygen atoms in total. The zero-order chi connectivity index (χ0) is 16.6. The van der Waals surface area contributed by atoms with Crippen LogP contribution in [0.2, 0.25) is 0 Å². The van der Waals surface area contributed by atoms with Crippen molar-refractivity contribution in [1.29, 1.82) is 0 Å². The molecule has 1 aliphatic heterocycles. The summed E-state index contributed by atoms with van der Waals surface area (Å²) >= 11 is 0. The molecule has 3 rings (SSSR count). The lowest BCUT2D eigenvalue weighted by atomic mass is 9.99. The lowest BCUT2D eigenvalue weighted by molar-refractivity contribution is 0.0596. The van der Waals surface area contributed by atoms with Crippen molar-refractivity contribution in [2.24, 2.45) is 0 Å². The topological polar surface area (TPSA) is 74.6 Å². The van der Waals surface area contributed by atoms with E-state index in [0.717, 1.165) is 6.07 Å². The minimum Gasteiger partial charge on any atom is -0.473 e. The highest BCUT2D eigenvalue weighted by molar-refractivity contribution is 6.15. The maximum atomic E-state index is 12.9. The van der Waals surface area contributed by atoms with E-state index in [1.165, 1.54) is 11.7 Å². The van der Waals surface area contributed by atoms with Crippen molar-refractivity contribution in [2.75, 3.05) is 7.11 Å². The number of hydrogen-bond donors (Lipinski definition) is 0. The zero-order valence-electron chi connectivity index (χ0n) is 12.7. The van der Waals surface area contributed by atoms with Crippen LogP contribution in [-0.4, -0.2) is 29.5 Å². The van der Waals surface area contributed by atoms with Gasteiger partial charge >= 0.3 is 5.97 Å². The van der Waals surface area contributed by atoms with Gasteiger partial charge < -0.3 is 9.47 Å². The third-order valence-corrected chi connectivity index (χ3v) is 3.68. The minimum absolute atomic E-state index is 0.0620. The summed E-state index contributed by atoms with van der Waals surface area (Å²) in [6, 6.07) is 9.66. The van der Waals surface area contributed by atoms with Gasteiger partial charge in [-0.25, -0.2) is 4.79 Å². The van der Waals surface area contributed by atoms with E-state index in [0.29, 0.717) is 12.1 Å². The molecule has 1 atom stereocenters. The molecule has 1 aromatic heterocycles. The number of carbonyl (C=O) groups is 2. The predicted molar refractivity (Wildman–Crippen MR) is 82.0 cm³/mol. The number of methoxy groups -OCH3 is 1. The number of pyridine rings is 1. The van der Waals surface area contributed by atoms with E-state index in [9.17, 15) is 14.4 Å². The molecule has 0 N–H and O–H groups in total. The molecular formula is C17H15NO5. The van der Waals surface area contributed by atoms with Gasteiger partial charge in [-0.2, -0.15) is 0 Å². The molecule has 0 amide bonds. The molecule has 0 saturated carbocycles. The molecule has 2 heterocycles. The number of ether oxygens (including phenoxy) is 2. The van der Waals surface area contributed by atoms with Gasteiger partial charge in [0.05, 0.1) is 24.8 Å². The first-order valence-corrected chi connectivity index (χ1v) is 7.15. The maximum absolute atomic E-state index is 12.9. The van der Waals surface area contributed by atoms with Gasteiger partial charge in [-0.3, -0.25) is 14.2 Å². The number of ketones is 1. The Balaban J connectivity index is 2.26. The van der Waals surface area contributed by atoms with Gasteiger partial charge in [-0.15, -0.1) is 0 Å². The highest BCUT2D eigenvalue weighted by Gasteiger charge is 2.32. The Hall–Kier alpha value is -2.89. The second-order valence-electron chi connectivity index (χ2n) is 5.30. The van der Waals surface area contributed by atoms with E-state index < -0.39 is 11.5 Å². The van der Waals surface area contributed by atoms with Crippen molar-refractivity contribution in [3.63, 3.8) is 0 Å². The number of aromatic nitrogens is 1. The first kappa shape index (κ1) is 15.0. The third kappa shape index (κ3) is 2.52. The molecule has 2 aromatic rings. The van der Waals surface area contributed by atoms with E-state index in [1.807, 2.05) is 0 Å². The van der Waals surface area contributed by atoms with E-state index in [1.54, 1.807) is 37.3 Å². The number of benzene rings is 1. The molecule has 0 radical (unpaired) electrons. The minimum atomic E-state index is -0.743. The standard InChI is InChI=1S/C17H15NO5/c1-10-9-18-13(19)8-12(17(21)22-2)14(16(18)23-10)15(20)11-6-4-3-5-7-11/h3-8,10H,9H2,1-2H3. The summed E-state index contributed by atoms with van der Waals surface area (Å²) in [4.78, 5) is 37.1. The van der Waals surface area contributed by atoms with Crippen LogP contribution in [0.25, 0.3) is 0 Å². The van der Waals surface area contributed by atoms with Gasteiger partial charge in [0.1, 0.15) is 6.10 Å². The van der Waals surface area contributed by atoms with Crippen LogP contribution in [0.3, 0.4) is 0 Å². The fourth-order valence-corrected chi connectivity index (χ4v) is 2.63. The number of rotatable bonds is 3. The Morgan fingerprint density at radius 3 is 2.61 bits per heavy atom. The monoisotopic (exact) mass is 313 g/mol. The van der Waals surface area contributed by atoms with Crippen LogP contribution in [0.4, 0.5) is 0 Å². The van der Waals surface area contributed by atoms with Crippen molar-refractivity contribution in [2.45, 2.75) is 19.6 Å². The van der Waals surface area contributed by atoms with Crippen LogP contribution in [0, 0.1) is 0 Å². The Kier molecular flexibility index (Phi) is 3.73. The summed E-state index contributed by atoms with van der Waals surface area (Å²) in [5.41, 5.74) is -0.00433.